The van der Waals surface area contributed by atoms with Gasteiger partial charge in [-0.3, -0.25) is 10.1 Å². The van der Waals surface area contributed by atoms with Gasteiger partial charge in [0.05, 0.1) is 21.0 Å². The van der Waals surface area contributed by atoms with E-state index in [2.05, 4.69) is 21.2 Å². The zero-order valence-corrected chi connectivity index (χ0v) is 14.1. The van der Waals surface area contributed by atoms with Gasteiger partial charge in [-0.05, 0) is 52.9 Å². The number of nitro benzene ring substituents is 1. The second kappa shape index (κ2) is 5.94. The maximum atomic E-state index is 10.9. The topological polar surface area (TPSA) is 55.2 Å². The van der Waals surface area contributed by atoms with Crippen LogP contribution in [0, 0.1) is 10.1 Å². The van der Waals surface area contributed by atoms with E-state index >= 15 is 0 Å². The fourth-order valence-electron chi connectivity index (χ4n) is 2.60. The quantitative estimate of drug-likeness (QED) is 0.554. The summed E-state index contributed by atoms with van der Waals surface area (Å²) in [4.78, 5) is 11.8. The number of non-ortho nitro benzene ring substituents is 1. The van der Waals surface area contributed by atoms with Crippen molar-refractivity contribution in [3.63, 3.8) is 0 Å². The third-order valence-corrected chi connectivity index (χ3v) is 5.61. The Morgan fingerprint density at radius 3 is 3.00 bits per heavy atom. The van der Waals surface area contributed by atoms with Crippen LogP contribution in [0.4, 0.5) is 11.4 Å². The molecule has 110 valence electrons. The molecule has 21 heavy (non-hydrogen) atoms. The van der Waals surface area contributed by atoms with Crippen LogP contribution in [0.3, 0.4) is 0 Å². The van der Waals surface area contributed by atoms with E-state index in [1.54, 1.807) is 23.5 Å². The molecule has 0 bridgehead atoms. The molecule has 1 unspecified atom stereocenters. The molecule has 1 aliphatic rings. The zero-order valence-electron chi connectivity index (χ0n) is 10.9. The van der Waals surface area contributed by atoms with Gasteiger partial charge in [0, 0.05) is 21.5 Å². The molecule has 0 amide bonds. The van der Waals surface area contributed by atoms with Crippen LogP contribution >= 0.6 is 38.9 Å². The highest BCUT2D eigenvalue weighted by atomic mass is 79.9. The highest BCUT2D eigenvalue weighted by molar-refractivity contribution is 9.10. The predicted molar refractivity (Wildman–Crippen MR) is 89.4 cm³/mol. The molecule has 3 rings (SSSR count). The Kier molecular flexibility index (Phi) is 4.19. The average Bonchev–Trinajstić information content (AvgIpc) is 2.82. The molecule has 1 aromatic heterocycles. The summed E-state index contributed by atoms with van der Waals surface area (Å²) < 4.78 is 1.62. The lowest BCUT2D eigenvalue weighted by Crippen LogP contribution is -2.16. The number of thiophene rings is 1. The molecule has 0 radical (unpaired) electrons. The monoisotopic (exact) mass is 386 g/mol. The molecule has 0 saturated carbocycles. The van der Waals surface area contributed by atoms with Gasteiger partial charge in [-0.2, -0.15) is 0 Å². The molecule has 0 fully saturated rings. The van der Waals surface area contributed by atoms with E-state index in [0.717, 1.165) is 33.8 Å². The summed E-state index contributed by atoms with van der Waals surface area (Å²) in [7, 11) is 0. The van der Waals surface area contributed by atoms with Crippen LogP contribution in [0.1, 0.15) is 29.3 Å². The lowest BCUT2D eigenvalue weighted by atomic mass is 9.94. The third kappa shape index (κ3) is 3.07. The van der Waals surface area contributed by atoms with Crippen LogP contribution in [0.15, 0.2) is 28.7 Å². The molecule has 1 aromatic carbocycles. The summed E-state index contributed by atoms with van der Waals surface area (Å²) in [5.74, 6) is 0. The number of hydrogen-bond acceptors (Lipinski definition) is 4. The maximum absolute atomic E-state index is 10.9. The highest BCUT2D eigenvalue weighted by Gasteiger charge is 2.23. The molecule has 7 heteroatoms. The molecular formula is C14H12BrClN2O2S. The number of aryl methyl sites for hydroxylation is 1. The number of halogens is 2. The number of nitrogens with zero attached hydrogens (tertiary/aromatic N) is 1. The van der Waals surface area contributed by atoms with E-state index in [9.17, 15) is 10.1 Å². The molecular weight excluding hydrogens is 376 g/mol. The van der Waals surface area contributed by atoms with Crippen molar-refractivity contribution in [3.8, 4) is 0 Å². The van der Waals surface area contributed by atoms with Crippen LogP contribution < -0.4 is 5.32 Å². The minimum Gasteiger partial charge on any atom is -0.377 e. The molecule has 0 saturated heterocycles. The first kappa shape index (κ1) is 14.8. The Hall–Kier alpha value is -1.11. The number of nitrogens with one attached hydrogen (secondary N) is 1. The number of benzene rings is 1. The normalized spacial score (nSPS) is 17.3. The summed E-state index contributed by atoms with van der Waals surface area (Å²) in [6.45, 7) is 0. The van der Waals surface area contributed by atoms with Crippen molar-refractivity contribution in [3.05, 3.63) is 53.6 Å². The van der Waals surface area contributed by atoms with Crippen molar-refractivity contribution >= 4 is 50.2 Å². The van der Waals surface area contributed by atoms with Crippen molar-refractivity contribution in [2.45, 2.75) is 25.3 Å². The second-order valence-electron chi connectivity index (χ2n) is 4.94. The molecule has 2 aromatic rings. The summed E-state index contributed by atoms with van der Waals surface area (Å²) in [5, 5.41) is 14.3. The van der Waals surface area contributed by atoms with E-state index in [1.807, 2.05) is 6.07 Å². The van der Waals surface area contributed by atoms with Gasteiger partial charge in [0.2, 0.25) is 0 Å². The first-order chi connectivity index (χ1) is 10.0. The van der Waals surface area contributed by atoms with Crippen molar-refractivity contribution in [2.24, 2.45) is 0 Å². The SMILES string of the molecule is O=[N+]([O-])c1ccc(Br)c(NC2CCCc3sc(Cl)cc32)c1. The van der Waals surface area contributed by atoms with Crippen molar-refractivity contribution in [1.29, 1.82) is 0 Å². The van der Waals surface area contributed by atoms with Crippen molar-refractivity contribution < 1.29 is 4.92 Å². The average molecular weight is 388 g/mol. The standard InChI is InChI=1S/C14H12BrClN2O2S/c15-10-5-4-8(18(19)20)6-12(10)17-11-2-1-3-13-9(11)7-14(16)21-13/h4-7,11,17H,1-3H2. The number of anilines is 1. The van der Waals surface area contributed by atoms with E-state index in [-0.39, 0.29) is 16.7 Å². The van der Waals surface area contributed by atoms with E-state index in [0.29, 0.717) is 0 Å². The first-order valence-corrected chi connectivity index (χ1v) is 8.52. The van der Waals surface area contributed by atoms with Crippen LogP contribution in [-0.2, 0) is 6.42 Å². The van der Waals surface area contributed by atoms with Crippen molar-refractivity contribution in [2.75, 3.05) is 5.32 Å². The van der Waals surface area contributed by atoms with Crippen LogP contribution in [0.5, 0.6) is 0 Å². The number of fused-ring (bicyclic) bond motifs is 1. The molecule has 1 heterocycles. The Labute approximate surface area is 139 Å². The summed E-state index contributed by atoms with van der Waals surface area (Å²) >= 11 is 11.2. The van der Waals surface area contributed by atoms with Crippen LogP contribution in [0.25, 0.3) is 0 Å². The molecule has 1 N–H and O–H groups in total. The minimum absolute atomic E-state index is 0.0834. The zero-order chi connectivity index (χ0) is 15.0. The predicted octanol–water partition coefficient (Wildman–Crippen LogP) is 5.56. The molecule has 0 spiro atoms. The number of rotatable bonds is 3. The van der Waals surface area contributed by atoms with Crippen LogP contribution in [-0.4, -0.2) is 4.92 Å². The number of hydrogen-bond donors (Lipinski definition) is 1. The van der Waals surface area contributed by atoms with Gasteiger partial charge in [0.25, 0.3) is 5.69 Å². The molecule has 1 atom stereocenters. The first-order valence-electron chi connectivity index (χ1n) is 6.53. The fourth-order valence-corrected chi connectivity index (χ4v) is 4.34. The van der Waals surface area contributed by atoms with Gasteiger partial charge >= 0.3 is 0 Å². The van der Waals surface area contributed by atoms with Gasteiger partial charge in [-0.25, -0.2) is 0 Å². The number of nitro groups is 1. The van der Waals surface area contributed by atoms with Crippen molar-refractivity contribution in [1.82, 2.24) is 0 Å². The second-order valence-corrected chi connectivity index (χ2v) is 7.56. The maximum Gasteiger partial charge on any atom is 0.271 e. The summed E-state index contributed by atoms with van der Waals surface area (Å²) in [6, 6.07) is 6.90. The van der Waals surface area contributed by atoms with E-state index < -0.39 is 0 Å². The highest BCUT2D eigenvalue weighted by Crippen LogP contribution is 2.40. The summed E-state index contributed by atoms with van der Waals surface area (Å²) in [6.07, 6.45) is 3.14. The molecule has 0 aliphatic heterocycles. The van der Waals surface area contributed by atoms with E-state index in [4.69, 9.17) is 11.6 Å². The molecule has 4 nitrogen and oxygen atoms in total. The van der Waals surface area contributed by atoms with Gasteiger partial charge in [0.15, 0.2) is 0 Å². The van der Waals surface area contributed by atoms with Gasteiger partial charge < -0.3 is 5.32 Å². The lowest BCUT2D eigenvalue weighted by molar-refractivity contribution is -0.384. The molecule has 1 aliphatic carbocycles. The fraction of sp³-hybridized carbons (Fsp3) is 0.286. The Balaban J connectivity index is 1.91. The van der Waals surface area contributed by atoms with Gasteiger partial charge in [-0.1, -0.05) is 11.6 Å². The smallest absolute Gasteiger partial charge is 0.271 e. The lowest BCUT2D eigenvalue weighted by Gasteiger charge is -2.25. The largest absolute Gasteiger partial charge is 0.377 e. The third-order valence-electron chi connectivity index (χ3n) is 3.57. The minimum atomic E-state index is -0.384. The Bertz CT molecular complexity index is 704. The Morgan fingerprint density at radius 1 is 1.43 bits per heavy atom. The van der Waals surface area contributed by atoms with Gasteiger partial charge in [-0.15, -0.1) is 11.3 Å². The Morgan fingerprint density at radius 2 is 2.24 bits per heavy atom. The van der Waals surface area contributed by atoms with E-state index in [1.165, 1.54) is 16.5 Å². The summed E-state index contributed by atoms with van der Waals surface area (Å²) in [5.41, 5.74) is 2.04. The van der Waals surface area contributed by atoms with Gasteiger partial charge in [0.1, 0.15) is 0 Å². The van der Waals surface area contributed by atoms with Crippen LogP contribution in [0.2, 0.25) is 4.34 Å².